The molecule has 68 heavy (non-hydrogen) atoms. The molecule has 0 spiro atoms. The van der Waals surface area contributed by atoms with Crippen LogP contribution in [0.2, 0.25) is 28.2 Å². The third-order valence-corrected chi connectivity index (χ3v) is 23.3. The van der Waals surface area contributed by atoms with Crippen LogP contribution < -0.4 is 10.9 Å². The Hall–Kier alpha value is -3.12. The van der Waals surface area contributed by atoms with Crippen LogP contribution in [-0.4, -0.2) is 101 Å². The lowest BCUT2D eigenvalue weighted by Gasteiger charge is -2.41. The zero-order valence-electron chi connectivity index (χ0n) is 37.3. The molecule has 18 nitrogen and oxygen atoms in total. The number of nitrogens with zero attached hydrogens (tertiary/aromatic N) is 8. The van der Waals surface area contributed by atoms with Crippen LogP contribution in [0.4, 0.5) is 10.2 Å². The Morgan fingerprint density at radius 1 is 1.04 bits per heavy atom. The number of imidazole rings is 2. The lowest BCUT2D eigenvalue weighted by molar-refractivity contribution is -0.0416. The van der Waals surface area contributed by atoms with Gasteiger partial charge in [0.25, 0.3) is 11.5 Å². The molecule has 1 saturated carbocycles. The highest BCUT2D eigenvalue weighted by atomic mass is 35.5. The van der Waals surface area contributed by atoms with E-state index < -0.39 is 82.7 Å². The maximum atomic E-state index is 16.8. The van der Waals surface area contributed by atoms with E-state index in [1.807, 2.05) is 0 Å². The van der Waals surface area contributed by atoms with E-state index in [9.17, 15) is 19.3 Å². The first-order valence-corrected chi connectivity index (χ1v) is 31.6. The van der Waals surface area contributed by atoms with Crippen LogP contribution in [0.3, 0.4) is 0 Å². The molecule has 364 valence electrons. The van der Waals surface area contributed by atoms with Crippen molar-refractivity contribution in [3.63, 3.8) is 0 Å². The Balaban J connectivity index is 1.13. The zero-order valence-corrected chi connectivity index (χ0v) is 44.2. The maximum absolute atomic E-state index is 16.8. The predicted octanol–water partition coefficient (Wildman–Crippen LogP) is 8.73. The van der Waals surface area contributed by atoms with Crippen LogP contribution in [0, 0.1) is 0 Å². The van der Waals surface area contributed by atoms with Crippen LogP contribution in [0.1, 0.15) is 55.4 Å². The number of carbonyl (C=O) groups is 1. The molecule has 4 aromatic heterocycles. The van der Waals surface area contributed by atoms with Gasteiger partial charge in [0.1, 0.15) is 24.6 Å². The molecule has 5 heterocycles. The maximum Gasteiger partial charge on any atom is 0.281 e. The molecule has 2 N–H and O–H groups in total. The Morgan fingerprint density at radius 2 is 1.75 bits per heavy atom. The zero-order chi connectivity index (χ0) is 48.9. The molecule has 1 saturated heterocycles. The molecule has 2 aliphatic rings. The van der Waals surface area contributed by atoms with Gasteiger partial charge in [-0.3, -0.25) is 18.7 Å². The van der Waals surface area contributed by atoms with Gasteiger partial charge in [0.2, 0.25) is 12.9 Å². The smallest absolute Gasteiger partial charge is 0.281 e. The number of alkyl halides is 1. The fourth-order valence-corrected chi connectivity index (χ4v) is 14.8. The fraction of sp³-hybridized carbons (Fsp3) is 0.439. The van der Waals surface area contributed by atoms with Crippen molar-refractivity contribution in [1.29, 1.82) is 0 Å². The van der Waals surface area contributed by atoms with Gasteiger partial charge in [-0.05, 0) is 66.2 Å². The molecule has 1 aliphatic carbocycles. The highest BCUT2D eigenvalue weighted by Gasteiger charge is 2.53. The summed E-state index contributed by atoms with van der Waals surface area (Å²) in [7, 11) is -4.13. The standard InChI is InChI=1S/C41H48Cl2FN9O9P2S3Si/c1-41(2,3)68(5,6)62-33-27(54)15-26(52-20-48-31-37(52)49-19-51(4)39(31)56)32(33)61-64(66,67-17-23-12-13-24(42)14-25(23)43)58-16-28-34(60-63(57)65)29(44)40(59-28)53-21-47-30-35(45-18-46-36(30)53)50-38(55)22-10-8-7-9-11-22/h7-14,18-21,26-29,32-34,40,54,63H,15-17H2,1-6H3,(H,57,65)(H,45,46,50,55)/t26-,27+,28-,29-,32+,33-,34-,40-,64?/m1/s1. The number of amides is 1. The minimum Gasteiger partial charge on any atom is -0.409 e. The van der Waals surface area contributed by atoms with E-state index >= 15 is 4.39 Å². The second kappa shape index (κ2) is 20.5. The monoisotopic (exact) mass is 1090 g/mol. The molecule has 27 heteroatoms. The SMILES string of the molecule is Cn1cnc2c(ncn2[C@@H]2C[C@H](O)[C@@H](O[Si](C)(C)C(C)(C)C)[C@H]2OP(=S)(OC[C@H]2O[C@@H](n3cnc4c(NC(=O)c5ccccc5)ncnc43)[C@H](F)[C@@H]2O[PH](=O)S)SCc2ccc(Cl)cc2Cl)c1=O. The van der Waals surface area contributed by atoms with Gasteiger partial charge in [-0.1, -0.05) is 91.9 Å². The van der Waals surface area contributed by atoms with Gasteiger partial charge in [0.15, 0.2) is 48.9 Å². The Kier molecular flexibility index (Phi) is 15.5. The quantitative estimate of drug-likeness (QED) is 0.0470. The molecule has 0 bridgehead atoms. The first-order chi connectivity index (χ1) is 32.1. The first-order valence-electron chi connectivity index (χ1n) is 21.1. The molecule has 2 unspecified atom stereocenters. The summed E-state index contributed by atoms with van der Waals surface area (Å²) in [6.07, 6.45) is -3.76. The molecule has 10 atom stereocenters. The number of hydrogen-bond donors (Lipinski definition) is 3. The Labute approximate surface area is 416 Å². The number of rotatable bonds is 16. The number of anilines is 1. The Morgan fingerprint density at radius 3 is 2.46 bits per heavy atom. The van der Waals surface area contributed by atoms with Crippen molar-refractivity contribution < 1.29 is 41.6 Å². The van der Waals surface area contributed by atoms with Crippen molar-refractivity contribution in [1.82, 2.24) is 38.6 Å². The normalized spacial score (nSPS) is 24.7. The lowest BCUT2D eigenvalue weighted by Crippen LogP contribution is -2.49. The largest absolute Gasteiger partial charge is 0.409 e. The summed E-state index contributed by atoms with van der Waals surface area (Å²) in [5, 5.41) is 15.1. The van der Waals surface area contributed by atoms with Crippen LogP contribution in [0.15, 0.2) is 78.6 Å². The summed E-state index contributed by atoms with van der Waals surface area (Å²) >= 11 is 24.4. The number of hydrogen-bond acceptors (Lipinski definition) is 16. The van der Waals surface area contributed by atoms with Gasteiger partial charge in [-0.15, -0.1) is 0 Å². The first kappa shape index (κ1) is 51.2. The number of halogens is 3. The second-order valence-corrected chi connectivity index (χ2v) is 31.5. The van der Waals surface area contributed by atoms with Crippen molar-refractivity contribution in [3.05, 3.63) is 105 Å². The third kappa shape index (κ3) is 10.7. The van der Waals surface area contributed by atoms with E-state index in [-0.39, 0.29) is 50.9 Å². The molecule has 6 aromatic rings. The molecular formula is C41H48Cl2FN9O9P2S3Si. The summed E-state index contributed by atoms with van der Waals surface area (Å²) < 4.78 is 66.3. The highest BCUT2D eigenvalue weighted by Crippen LogP contribution is 2.65. The molecule has 1 amide bonds. The molecule has 2 aromatic carbocycles. The van der Waals surface area contributed by atoms with Crippen LogP contribution in [-0.2, 0) is 51.9 Å². The average molecular weight is 1090 g/mol. The predicted molar refractivity (Wildman–Crippen MR) is 269 cm³/mol. The minimum atomic E-state index is -3.71. The minimum absolute atomic E-state index is 0.0767. The number of benzene rings is 2. The molecular weight excluding hydrogens is 1040 g/mol. The number of ether oxygens (including phenoxy) is 1. The number of thiol groups is 1. The lowest BCUT2D eigenvalue weighted by atomic mass is 10.1. The van der Waals surface area contributed by atoms with Gasteiger partial charge in [-0.25, -0.2) is 29.3 Å². The van der Waals surface area contributed by atoms with Gasteiger partial charge in [-0.2, -0.15) is 0 Å². The van der Waals surface area contributed by atoms with Crippen LogP contribution >= 0.6 is 59.8 Å². The van der Waals surface area contributed by atoms with Crippen molar-refractivity contribution in [2.24, 2.45) is 7.05 Å². The molecule has 2 fully saturated rings. The van der Waals surface area contributed by atoms with E-state index in [1.165, 1.54) is 34.4 Å². The number of nitrogens with one attached hydrogen (secondary N) is 1. The fourth-order valence-electron chi connectivity index (χ4n) is 7.66. The number of carbonyl (C=O) groups excluding carboxylic acids is 1. The van der Waals surface area contributed by atoms with E-state index in [0.29, 0.717) is 21.2 Å². The van der Waals surface area contributed by atoms with E-state index in [0.717, 1.165) is 11.4 Å². The number of fused-ring (bicyclic) bond motifs is 2. The number of aliphatic hydroxyl groups excluding tert-OH is 1. The highest BCUT2D eigenvalue weighted by molar-refractivity contribution is 8.67. The molecule has 0 radical (unpaired) electrons. The average Bonchev–Trinajstić information content (AvgIpc) is 4.05. The summed E-state index contributed by atoms with van der Waals surface area (Å²) in [5.74, 6) is -0.204. The number of aromatic nitrogens is 8. The van der Waals surface area contributed by atoms with Crippen LogP contribution in [0.5, 0.6) is 0 Å². The summed E-state index contributed by atoms with van der Waals surface area (Å²) in [4.78, 5) is 48.1. The summed E-state index contributed by atoms with van der Waals surface area (Å²) in [5.41, 5.74) is -2.38. The van der Waals surface area contributed by atoms with Crippen LogP contribution in [0.25, 0.3) is 22.3 Å². The number of aliphatic hydroxyl groups is 1. The van der Waals surface area contributed by atoms with Gasteiger partial charge < -0.3 is 42.3 Å². The second-order valence-electron chi connectivity index (χ2n) is 17.7. The van der Waals surface area contributed by atoms with Crippen molar-refractivity contribution in [3.8, 4) is 0 Å². The summed E-state index contributed by atoms with van der Waals surface area (Å²) in [6, 6.07) is 12.8. The topological polar surface area (TPSA) is 209 Å². The van der Waals surface area contributed by atoms with Crippen molar-refractivity contribution >= 4 is 114 Å². The van der Waals surface area contributed by atoms with E-state index in [4.69, 9.17) is 57.7 Å². The molecule has 8 rings (SSSR count). The van der Waals surface area contributed by atoms with E-state index in [2.05, 4.69) is 76.4 Å². The van der Waals surface area contributed by atoms with Gasteiger partial charge >= 0.3 is 0 Å². The van der Waals surface area contributed by atoms with Gasteiger partial charge in [0, 0.05) is 28.4 Å². The Bertz CT molecular complexity index is 2970. The molecule has 1 aliphatic heterocycles. The van der Waals surface area contributed by atoms with Gasteiger partial charge in [0.05, 0.1) is 43.8 Å². The van der Waals surface area contributed by atoms with E-state index in [1.54, 1.807) is 60.1 Å². The number of aryl methyl sites for hydroxylation is 1. The van der Waals surface area contributed by atoms with Crippen molar-refractivity contribution in [2.75, 3.05) is 11.9 Å². The third-order valence-electron chi connectivity index (χ3n) is 12.2. The van der Waals surface area contributed by atoms with Crippen molar-refractivity contribution in [2.45, 2.75) is 100 Å². The summed E-state index contributed by atoms with van der Waals surface area (Å²) in [6.45, 7) is 9.88.